The molecular formula is C21H24Cl2N2O4S. The number of halogens is 2. The fourth-order valence-corrected chi connectivity index (χ4v) is 5.61. The zero-order chi connectivity index (χ0) is 21.7. The van der Waals surface area contributed by atoms with E-state index in [2.05, 4.69) is 5.32 Å². The van der Waals surface area contributed by atoms with Crippen molar-refractivity contribution in [3.63, 3.8) is 0 Å². The van der Waals surface area contributed by atoms with Gasteiger partial charge >= 0.3 is 0 Å². The van der Waals surface area contributed by atoms with Gasteiger partial charge in [-0.05, 0) is 48.2 Å². The second kappa shape index (κ2) is 10.0. The monoisotopic (exact) mass is 470 g/mol. The van der Waals surface area contributed by atoms with Crippen LogP contribution in [0.15, 0.2) is 42.5 Å². The number of ether oxygens (including phenoxy) is 1. The van der Waals surface area contributed by atoms with Crippen LogP contribution < -0.4 is 10.1 Å². The van der Waals surface area contributed by atoms with E-state index in [0.717, 1.165) is 11.3 Å². The Morgan fingerprint density at radius 1 is 1.20 bits per heavy atom. The number of sulfonamides is 1. The number of hydrogen-bond acceptors (Lipinski definition) is 4. The first kappa shape index (κ1) is 22.9. The van der Waals surface area contributed by atoms with Gasteiger partial charge in [0.1, 0.15) is 5.75 Å². The Kier molecular flexibility index (Phi) is 7.63. The van der Waals surface area contributed by atoms with Crippen LogP contribution in [0, 0.1) is 5.92 Å². The minimum absolute atomic E-state index is 0.143. The molecule has 1 saturated heterocycles. The molecule has 1 aliphatic heterocycles. The molecule has 0 radical (unpaired) electrons. The summed E-state index contributed by atoms with van der Waals surface area (Å²) in [6.07, 6.45) is 1.29. The predicted octanol–water partition coefficient (Wildman–Crippen LogP) is 3.86. The second-order valence-corrected chi connectivity index (χ2v) is 10.1. The highest BCUT2D eigenvalue weighted by atomic mass is 35.5. The average molecular weight is 471 g/mol. The van der Waals surface area contributed by atoms with Crippen LogP contribution >= 0.6 is 23.2 Å². The number of hydrogen-bond donors (Lipinski definition) is 1. The Labute approximate surface area is 187 Å². The molecule has 1 amide bonds. The highest BCUT2D eigenvalue weighted by Crippen LogP contribution is 2.26. The van der Waals surface area contributed by atoms with Crippen molar-refractivity contribution in [1.82, 2.24) is 9.62 Å². The van der Waals surface area contributed by atoms with Crippen LogP contribution in [0.4, 0.5) is 0 Å². The third-order valence-corrected chi connectivity index (χ3v) is 7.51. The summed E-state index contributed by atoms with van der Waals surface area (Å²) in [4.78, 5) is 12.6. The Bertz CT molecular complexity index is 997. The molecule has 0 bridgehead atoms. The normalized spacial score (nSPS) is 17.5. The van der Waals surface area contributed by atoms with Crippen molar-refractivity contribution in [2.75, 3.05) is 20.2 Å². The fraction of sp³-hybridized carbons (Fsp3) is 0.381. The van der Waals surface area contributed by atoms with Crippen molar-refractivity contribution in [3.05, 3.63) is 63.6 Å². The fourth-order valence-electron chi connectivity index (χ4n) is 3.41. The van der Waals surface area contributed by atoms with Gasteiger partial charge in [-0.15, -0.1) is 0 Å². The zero-order valence-electron chi connectivity index (χ0n) is 16.6. The van der Waals surface area contributed by atoms with E-state index >= 15 is 0 Å². The first-order valence-corrected chi connectivity index (χ1v) is 12.0. The van der Waals surface area contributed by atoms with Crippen LogP contribution in [0.3, 0.4) is 0 Å². The summed E-state index contributed by atoms with van der Waals surface area (Å²) in [6, 6.07) is 12.2. The largest absolute Gasteiger partial charge is 0.497 e. The number of nitrogens with zero attached hydrogens (tertiary/aromatic N) is 1. The number of nitrogens with one attached hydrogen (secondary N) is 1. The van der Waals surface area contributed by atoms with Gasteiger partial charge in [0.05, 0.1) is 18.8 Å². The number of rotatable bonds is 7. The van der Waals surface area contributed by atoms with Gasteiger partial charge in [0.25, 0.3) is 0 Å². The topological polar surface area (TPSA) is 75.7 Å². The Balaban J connectivity index is 1.59. The lowest BCUT2D eigenvalue weighted by Gasteiger charge is -2.31. The van der Waals surface area contributed by atoms with E-state index in [1.54, 1.807) is 19.2 Å². The summed E-state index contributed by atoms with van der Waals surface area (Å²) < 4.78 is 32.3. The maximum Gasteiger partial charge on any atom is 0.224 e. The van der Waals surface area contributed by atoms with Crippen LogP contribution in [0.1, 0.15) is 24.0 Å². The van der Waals surface area contributed by atoms with Crippen molar-refractivity contribution >= 4 is 39.1 Å². The van der Waals surface area contributed by atoms with Gasteiger partial charge in [0.2, 0.25) is 15.9 Å². The van der Waals surface area contributed by atoms with Crippen LogP contribution in [0.2, 0.25) is 10.0 Å². The SMILES string of the molecule is COc1ccc(CNC(=O)[C@H]2CCCN(S(=O)(=O)Cc3ccc(Cl)cc3Cl)C2)cc1. The lowest BCUT2D eigenvalue weighted by molar-refractivity contribution is -0.126. The molecule has 0 aromatic heterocycles. The van der Waals surface area contributed by atoms with E-state index < -0.39 is 10.0 Å². The van der Waals surface area contributed by atoms with Crippen molar-refractivity contribution in [3.8, 4) is 5.75 Å². The molecule has 2 aromatic carbocycles. The lowest BCUT2D eigenvalue weighted by atomic mass is 9.99. The summed E-state index contributed by atoms with van der Waals surface area (Å²) in [5.74, 6) is 0.00474. The standard InChI is InChI=1S/C21H24Cl2N2O4S/c1-29-19-8-4-15(5-9-19)12-24-21(26)16-3-2-10-25(13-16)30(27,28)14-17-6-7-18(22)11-20(17)23/h4-9,11,16H,2-3,10,12-14H2,1H3,(H,24,26)/t16-/m0/s1. The molecule has 162 valence electrons. The molecule has 2 aromatic rings. The van der Waals surface area contributed by atoms with Gasteiger partial charge in [-0.3, -0.25) is 4.79 Å². The van der Waals surface area contributed by atoms with E-state index in [4.69, 9.17) is 27.9 Å². The highest BCUT2D eigenvalue weighted by molar-refractivity contribution is 7.88. The minimum atomic E-state index is -3.60. The third-order valence-electron chi connectivity index (χ3n) is 5.13. The van der Waals surface area contributed by atoms with Crippen LogP contribution in [-0.2, 0) is 27.1 Å². The van der Waals surface area contributed by atoms with E-state index in [1.807, 2.05) is 24.3 Å². The smallest absolute Gasteiger partial charge is 0.224 e. The molecule has 1 N–H and O–H groups in total. The summed E-state index contributed by atoms with van der Waals surface area (Å²) in [5, 5.41) is 3.67. The predicted molar refractivity (Wildman–Crippen MR) is 118 cm³/mol. The molecule has 0 unspecified atom stereocenters. The number of piperidine rings is 1. The average Bonchev–Trinajstić information content (AvgIpc) is 2.74. The van der Waals surface area contributed by atoms with Crippen molar-refractivity contribution in [2.24, 2.45) is 5.92 Å². The molecule has 0 saturated carbocycles. The van der Waals surface area contributed by atoms with E-state index in [9.17, 15) is 13.2 Å². The van der Waals surface area contributed by atoms with Gasteiger partial charge < -0.3 is 10.1 Å². The molecule has 1 atom stereocenters. The van der Waals surface area contributed by atoms with E-state index in [1.165, 1.54) is 10.4 Å². The van der Waals surface area contributed by atoms with E-state index in [-0.39, 0.29) is 24.1 Å². The number of methoxy groups -OCH3 is 1. The molecule has 0 spiro atoms. The maximum absolute atomic E-state index is 12.9. The Morgan fingerprint density at radius 2 is 1.93 bits per heavy atom. The maximum atomic E-state index is 12.9. The van der Waals surface area contributed by atoms with Gasteiger partial charge in [-0.25, -0.2) is 12.7 Å². The minimum Gasteiger partial charge on any atom is -0.497 e. The van der Waals surface area contributed by atoms with Crippen LogP contribution in [0.25, 0.3) is 0 Å². The molecular weight excluding hydrogens is 447 g/mol. The number of amides is 1. The molecule has 1 aliphatic rings. The van der Waals surface area contributed by atoms with Gasteiger partial charge in [-0.2, -0.15) is 0 Å². The zero-order valence-corrected chi connectivity index (χ0v) is 18.9. The van der Waals surface area contributed by atoms with Gasteiger partial charge in [0, 0.05) is 29.7 Å². The Hall–Kier alpha value is -1.80. The van der Waals surface area contributed by atoms with Crippen molar-refractivity contribution < 1.29 is 17.9 Å². The molecule has 3 rings (SSSR count). The molecule has 30 heavy (non-hydrogen) atoms. The van der Waals surface area contributed by atoms with Crippen molar-refractivity contribution in [2.45, 2.75) is 25.1 Å². The molecule has 1 heterocycles. The summed E-state index contributed by atoms with van der Waals surface area (Å²) in [7, 11) is -2.00. The molecule has 6 nitrogen and oxygen atoms in total. The molecule has 1 fully saturated rings. The lowest BCUT2D eigenvalue weighted by Crippen LogP contribution is -2.45. The Morgan fingerprint density at radius 3 is 2.60 bits per heavy atom. The quantitative estimate of drug-likeness (QED) is 0.666. The first-order valence-electron chi connectivity index (χ1n) is 9.61. The summed E-state index contributed by atoms with van der Waals surface area (Å²) in [5.41, 5.74) is 1.44. The molecule has 0 aliphatic carbocycles. The van der Waals surface area contributed by atoms with Crippen LogP contribution in [0.5, 0.6) is 5.75 Å². The second-order valence-electron chi connectivity index (χ2n) is 7.26. The number of carbonyl (C=O) groups is 1. The van der Waals surface area contributed by atoms with Gasteiger partial charge in [-0.1, -0.05) is 41.4 Å². The summed E-state index contributed by atoms with van der Waals surface area (Å²) >= 11 is 12.0. The number of carbonyl (C=O) groups excluding carboxylic acids is 1. The number of benzene rings is 2. The third kappa shape index (κ3) is 5.88. The van der Waals surface area contributed by atoms with E-state index in [0.29, 0.717) is 41.5 Å². The molecule has 9 heteroatoms. The summed E-state index contributed by atoms with van der Waals surface area (Å²) in [6.45, 7) is 0.949. The first-order chi connectivity index (χ1) is 14.3. The van der Waals surface area contributed by atoms with Crippen molar-refractivity contribution in [1.29, 1.82) is 0 Å². The van der Waals surface area contributed by atoms with Gasteiger partial charge in [0.15, 0.2) is 0 Å². The highest BCUT2D eigenvalue weighted by Gasteiger charge is 2.32. The van der Waals surface area contributed by atoms with Crippen LogP contribution in [-0.4, -0.2) is 38.8 Å².